The molecule has 5 nitrogen and oxygen atoms in total. The Balaban J connectivity index is 1.89. The van der Waals surface area contributed by atoms with Crippen LogP contribution in [0.3, 0.4) is 0 Å². The molecule has 0 bridgehead atoms. The number of nitrogens with zero attached hydrogens (tertiary/aromatic N) is 2. The summed E-state index contributed by atoms with van der Waals surface area (Å²) >= 11 is 0. The third-order valence-corrected chi connectivity index (χ3v) is 5.82. The molecule has 1 aliphatic heterocycles. The van der Waals surface area contributed by atoms with Gasteiger partial charge in [-0.25, -0.2) is 4.79 Å². The van der Waals surface area contributed by atoms with Gasteiger partial charge in [0.2, 0.25) is 0 Å². The van der Waals surface area contributed by atoms with Crippen molar-refractivity contribution in [1.82, 2.24) is 9.47 Å². The molecule has 1 aliphatic rings. The summed E-state index contributed by atoms with van der Waals surface area (Å²) in [5.74, 6) is -0.0816. The van der Waals surface area contributed by atoms with Crippen LogP contribution in [-0.2, 0) is 17.8 Å². The maximum atomic E-state index is 12.9. The van der Waals surface area contributed by atoms with Crippen LogP contribution in [0.5, 0.6) is 5.75 Å². The number of phenolic OH excluding ortho intramolecular Hbond substituents is 1. The number of aromatic hydroxyl groups is 1. The maximum Gasteiger partial charge on any atom is 0.340 e. The lowest BCUT2D eigenvalue weighted by Gasteiger charge is -2.17. The molecule has 1 saturated heterocycles. The monoisotopic (exact) mass is 392 g/mol. The minimum Gasteiger partial charge on any atom is -0.508 e. The molecule has 2 aromatic carbocycles. The van der Waals surface area contributed by atoms with Crippen LogP contribution < -0.4 is 0 Å². The average molecular weight is 392 g/mol. The first kappa shape index (κ1) is 19.5. The van der Waals surface area contributed by atoms with E-state index in [9.17, 15) is 9.90 Å². The number of fused-ring (bicyclic) bond motifs is 1. The molecule has 4 rings (SSSR count). The molecule has 0 spiro atoms. The number of carbonyl (C=O) groups excluding carboxylic acids is 1. The predicted molar refractivity (Wildman–Crippen MR) is 114 cm³/mol. The van der Waals surface area contributed by atoms with Crippen LogP contribution >= 0.6 is 0 Å². The second-order valence-corrected chi connectivity index (χ2v) is 7.69. The second-order valence-electron chi connectivity index (χ2n) is 7.69. The smallest absolute Gasteiger partial charge is 0.340 e. The summed E-state index contributed by atoms with van der Waals surface area (Å²) in [6.45, 7) is 7.46. The Morgan fingerprint density at radius 3 is 2.48 bits per heavy atom. The summed E-state index contributed by atoms with van der Waals surface area (Å²) in [4.78, 5) is 15.3. The number of carbonyl (C=O) groups is 1. The minimum atomic E-state index is -0.324. The van der Waals surface area contributed by atoms with E-state index in [2.05, 4.69) is 21.6 Å². The van der Waals surface area contributed by atoms with Gasteiger partial charge in [0.15, 0.2) is 0 Å². The van der Waals surface area contributed by atoms with Crippen molar-refractivity contribution < 1.29 is 14.6 Å². The van der Waals surface area contributed by atoms with Crippen molar-refractivity contribution in [2.75, 3.05) is 19.7 Å². The van der Waals surface area contributed by atoms with Gasteiger partial charge in [-0.15, -0.1) is 0 Å². The number of phenols is 1. The minimum absolute atomic E-state index is 0.242. The van der Waals surface area contributed by atoms with Gasteiger partial charge in [0.25, 0.3) is 0 Å². The number of likely N-dealkylation sites (tertiary alicyclic amines) is 1. The van der Waals surface area contributed by atoms with Crippen molar-refractivity contribution in [2.24, 2.45) is 0 Å². The highest BCUT2D eigenvalue weighted by molar-refractivity contribution is 6.08. The molecule has 1 aromatic heterocycles. The lowest BCUT2D eigenvalue weighted by Crippen LogP contribution is -2.19. The number of esters is 1. The standard InChI is InChI=1S/C24H28N2O3/c1-3-29-24(28)22-17(2)26(15-18-9-5-4-6-10-18)20-11-12-21(27)19(23(20)22)16-25-13-7-8-14-25/h4-6,9-12,27H,3,7-8,13-16H2,1-2H3. The zero-order valence-electron chi connectivity index (χ0n) is 17.1. The fourth-order valence-corrected chi connectivity index (χ4v) is 4.37. The molecule has 5 heteroatoms. The van der Waals surface area contributed by atoms with Gasteiger partial charge < -0.3 is 14.4 Å². The van der Waals surface area contributed by atoms with Crippen molar-refractivity contribution in [2.45, 2.75) is 39.8 Å². The molecule has 1 N–H and O–H groups in total. The Labute approximate surface area is 171 Å². The predicted octanol–water partition coefficient (Wildman–Crippen LogP) is 4.48. The number of rotatable bonds is 6. The van der Waals surface area contributed by atoms with E-state index in [1.165, 1.54) is 12.8 Å². The fourth-order valence-electron chi connectivity index (χ4n) is 4.37. The average Bonchev–Trinajstić information content (AvgIpc) is 3.32. The first-order valence-electron chi connectivity index (χ1n) is 10.4. The Morgan fingerprint density at radius 1 is 1.07 bits per heavy atom. The van der Waals surface area contributed by atoms with E-state index in [1.54, 1.807) is 6.07 Å². The number of benzene rings is 2. The van der Waals surface area contributed by atoms with Crippen LogP contribution in [-0.4, -0.2) is 40.2 Å². The topological polar surface area (TPSA) is 54.7 Å². The van der Waals surface area contributed by atoms with E-state index in [4.69, 9.17) is 4.74 Å². The second kappa shape index (κ2) is 8.29. The maximum absolute atomic E-state index is 12.9. The van der Waals surface area contributed by atoms with Crippen molar-refractivity contribution in [3.63, 3.8) is 0 Å². The molecular weight excluding hydrogens is 364 g/mol. The molecule has 1 fully saturated rings. The molecule has 0 atom stereocenters. The van der Waals surface area contributed by atoms with E-state index < -0.39 is 0 Å². The molecule has 0 saturated carbocycles. The third kappa shape index (κ3) is 3.75. The Hall–Kier alpha value is -2.79. The summed E-state index contributed by atoms with van der Waals surface area (Å²) in [6, 6.07) is 13.9. The van der Waals surface area contributed by atoms with Gasteiger partial charge in [0.05, 0.1) is 17.7 Å². The first-order chi connectivity index (χ1) is 14.1. The molecule has 3 aromatic rings. The molecule has 2 heterocycles. The SMILES string of the molecule is CCOC(=O)c1c(C)n(Cc2ccccc2)c2ccc(O)c(CN3CCCC3)c12. The Kier molecular flexibility index (Phi) is 5.58. The van der Waals surface area contributed by atoms with E-state index in [1.807, 2.05) is 38.1 Å². The number of hydrogen-bond donors (Lipinski definition) is 1. The lowest BCUT2D eigenvalue weighted by atomic mass is 10.0. The van der Waals surface area contributed by atoms with Gasteiger partial charge in [-0.05, 0) is 57.5 Å². The molecule has 0 amide bonds. The summed E-state index contributed by atoms with van der Waals surface area (Å²) in [5, 5.41) is 11.5. The van der Waals surface area contributed by atoms with Crippen LogP contribution in [0, 0.1) is 6.92 Å². The molecule has 0 unspecified atom stereocenters. The van der Waals surface area contributed by atoms with Crippen LogP contribution in [0.15, 0.2) is 42.5 Å². The zero-order valence-corrected chi connectivity index (χ0v) is 17.1. The molecule has 152 valence electrons. The van der Waals surface area contributed by atoms with Gasteiger partial charge in [-0.1, -0.05) is 30.3 Å². The summed E-state index contributed by atoms with van der Waals surface area (Å²) in [7, 11) is 0. The molecular formula is C24H28N2O3. The van der Waals surface area contributed by atoms with Crippen LogP contribution in [0.2, 0.25) is 0 Å². The largest absolute Gasteiger partial charge is 0.508 e. The van der Waals surface area contributed by atoms with Gasteiger partial charge in [-0.3, -0.25) is 4.90 Å². The van der Waals surface area contributed by atoms with E-state index in [-0.39, 0.29) is 11.7 Å². The normalized spacial score (nSPS) is 14.6. The molecule has 0 radical (unpaired) electrons. The molecule has 0 aliphatic carbocycles. The van der Waals surface area contributed by atoms with Gasteiger partial charge in [0.1, 0.15) is 5.75 Å². The van der Waals surface area contributed by atoms with Crippen molar-refractivity contribution in [1.29, 1.82) is 0 Å². The van der Waals surface area contributed by atoms with Crippen LogP contribution in [0.4, 0.5) is 0 Å². The van der Waals surface area contributed by atoms with Crippen molar-refractivity contribution in [3.8, 4) is 5.75 Å². The van der Waals surface area contributed by atoms with E-state index >= 15 is 0 Å². The van der Waals surface area contributed by atoms with E-state index in [0.29, 0.717) is 25.3 Å². The first-order valence-corrected chi connectivity index (χ1v) is 10.4. The quantitative estimate of drug-likeness (QED) is 0.629. The number of ether oxygens (including phenoxy) is 1. The van der Waals surface area contributed by atoms with Crippen molar-refractivity contribution in [3.05, 3.63) is 64.8 Å². The lowest BCUT2D eigenvalue weighted by molar-refractivity contribution is 0.0527. The highest BCUT2D eigenvalue weighted by Gasteiger charge is 2.26. The third-order valence-electron chi connectivity index (χ3n) is 5.82. The summed E-state index contributed by atoms with van der Waals surface area (Å²) in [5.41, 5.74) is 4.39. The highest BCUT2D eigenvalue weighted by atomic mass is 16.5. The van der Waals surface area contributed by atoms with Gasteiger partial charge in [0, 0.05) is 29.7 Å². The Bertz CT molecular complexity index is 1020. The van der Waals surface area contributed by atoms with Gasteiger partial charge >= 0.3 is 5.97 Å². The fraction of sp³-hybridized carbons (Fsp3) is 0.375. The Morgan fingerprint density at radius 2 is 1.79 bits per heavy atom. The van der Waals surface area contributed by atoms with Crippen LogP contribution in [0.1, 0.15) is 46.9 Å². The number of aromatic nitrogens is 1. The van der Waals surface area contributed by atoms with Crippen molar-refractivity contribution >= 4 is 16.9 Å². The van der Waals surface area contributed by atoms with Crippen LogP contribution in [0.25, 0.3) is 10.9 Å². The molecule has 29 heavy (non-hydrogen) atoms. The number of hydrogen-bond acceptors (Lipinski definition) is 4. The van der Waals surface area contributed by atoms with E-state index in [0.717, 1.165) is 40.8 Å². The van der Waals surface area contributed by atoms with Gasteiger partial charge in [-0.2, -0.15) is 0 Å². The summed E-state index contributed by atoms with van der Waals surface area (Å²) < 4.78 is 7.55. The summed E-state index contributed by atoms with van der Waals surface area (Å²) in [6.07, 6.45) is 2.35. The zero-order chi connectivity index (χ0) is 20.4. The highest BCUT2D eigenvalue weighted by Crippen LogP contribution is 2.36.